The van der Waals surface area contributed by atoms with Gasteiger partial charge in [-0.25, -0.2) is 0 Å². The van der Waals surface area contributed by atoms with E-state index >= 15 is 0 Å². The van der Waals surface area contributed by atoms with Crippen LogP contribution in [-0.2, 0) is 0 Å². The van der Waals surface area contributed by atoms with Crippen LogP contribution in [0.15, 0.2) is 45.5 Å². The van der Waals surface area contributed by atoms with Gasteiger partial charge in [0.05, 0.1) is 0 Å². The summed E-state index contributed by atoms with van der Waals surface area (Å²) in [5.74, 6) is 0.389. The molecular weight excluding hydrogens is 358 g/mol. The van der Waals surface area contributed by atoms with Crippen LogP contribution in [0.1, 0.15) is 39.3 Å². The first-order valence-electron chi connectivity index (χ1n) is 7.70. The van der Waals surface area contributed by atoms with Gasteiger partial charge in [-0.15, -0.1) is 0 Å². The van der Waals surface area contributed by atoms with Crippen molar-refractivity contribution >= 4 is 27.6 Å². The average Bonchev–Trinajstić information content (AvgIpc) is 3.01. The number of piperidine rings is 1. The van der Waals surface area contributed by atoms with E-state index in [-0.39, 0.29) is 17.6 Å². The maximum absolute atomic E-state index is 12.5. The summed E-state index contributed by atoms with van der Waals surface area (Å²) in [5, 5.41) is 0. The summed E-state index contributed by atoms with van der Waals surface area (Å²) in [6.45, 7) is 3.17. The Kier molecular flexibility index (Phi) is 4.66. The highest BCUT2D eigenvalue weighted by molar-refractivity contribution is 9.10. The normalized spacial score (nSPS) is 15.7. The second kappa shape index (κ2) is 6.71. The molecule has 1 aromatic heterocycles. The van der Waals surface area contributed by atoms with Gasteiger partial charge in [-0.2, -0.15) is 0 Å². The maximum Gasteiger partial charge on any atom is 0.289 e. The predicted molar refractivity (Wildman–Crippen MR) is 90.5 cm³/mol. The molecule has 23 heavy (non-hydrogen) atoms. The van der Waals surface area contributed by atoms with E-state index in [2.05, 4.69) is 15.9 Å². The quantitative estimate of drug-likeness (QED) is 0.759. The summed E-state index contributed by atoms with van der Waals surface area (Å²) in [6.07, 6.45) is 1.39. The lowest BCUT2D eigenvalue weighted by atomic mass is 9.88. The molecule has 1 saturated heterocycles. The van der Waals surface area contributed by atoms with E-state index in [4.69, 9.17) is 4.42 Å². The Bertz CT molecular complexity index is 712. The number of ketones is 1. The van der Waals surface area contributed by atoms with Crippen LogP contribution in [0.4, 0.5) is 0 Å². The molecule has 0 atom stereocenters. The summed E-state index contributed by atoms with van der Waals surface area (Å²) >= 11 is 3.20. The van der Waals surface area contributed by atoms with E-state index in [0.717, 1.165) is 11.1 Å². The smallest absolute Gasteiger partial charge is 0.289 e. The molecule has 5 heteroatoms. The zero-order valence-electron chi connectivity index (χ0n) is 12.9. The number of furan rings is 1. The van der Waals surface area contributed by atoms with Gasteiger partial charge in [-0.05, 0) is 47.8 Å². The summed E-state index contributed by atoms with van der Waals surface area (Å²) in [5.41, 5.74) is 1.90. The van der Waals surface area contributed by atoms with Gasteiger partial charge in [0.1, 0.15) is 0 Å². The largest absolute Gasteiger partial charge is 0.444 e. The number of nitrogens with zero attached hydrogens (tertiary/aromatic N) is 1. The van der Waals surface area contributed by atoms with Gasteiger partial charge in [0.15, 0.2) is 16.2 Å². The van der Waals surface area contributed by atoms with E-state index in [0.29, 0.717) is 36.4 Å². The first-order valence-corrected chi connectivity index (χ1v) is 8.49. The van der Waals surface area contributed by atoms with Crippen LogP contribution in [0.25, 0.3) is 0 Å². The zero-order valence-corrected chi connectivity index (χ0v) is 14.5. The van der Waals surface area contributed by atoms with E-state index in [1.807, 2.05) is 31.2 Å². The molecule has 1 fully saturated rings. The molecule has 1 amide bonds. The number of carbonyl (C=O) groups excluding carboxylic acids is 2. The van der Waals surface area contributed by atoms with Crippen molar-refractivity contribution in [2.24, 2.45) is 5.92 Å². The number of hydrogen-bond acceptors (Lipinski definition) is 3. The van der Waals surface area contributed by atoms with Crippen molar-refractivity contribution < 1.29 is 14.0 Å². The Morgan fingerprint density at radius 3 is 2.30 bits per heavy atom. The molecule has 2 aromatic rings. The molecule has 0 aliphatic carbocycles. The van der Waals surface area contributed by atoms with Gasteiger partial charge in [0.25, 0.3) is 5.91 Å². The topological polar surface area (TPSA) is 50.5 Å². The Morgan fingerprint density at radius 2 is 1.74 bits per heavy atom. The molecule has 1 aliphatic heterocycles. The van der Waals surface area contributed by atoms with Crippen molar-refractivity contribution in [3.63, 3.8) is 0 Å². The monoisotopic (exact) mass is 375 g/mol. The minimum absolute atomic E-state index is 0.00917. The van der Waals surface area contributed by atoms with Crippen molar-refractivity contribution in [1.29, 1.82) is 0 Å². The standard InChI is InChI=1S/C18H18BrNO3/c1-12-2-4-13(5-3-12)17(21)14-8-10-20(11-9-14)18(22)15-6-7-16(19)23-15/h2-7,14H,8-11H2,1H3. The molecular formula is C18H18BrNO3. The molecule has 0 N–H and O–H groups in total. The van der Waals surface area contributed by atoms with Crippen LogP contribution in [0.2, 0.25) is 0 Å². The van der Waals surface area contributed by atoms with Gasteiger partial charge in [0, 0.05) is 24.6 Å². The SMILES string of the molecule is Cc1ccc(C(=O)C2CCN(C(=O)c3ccc(Br)o3)CC2)cc1. The number of amides is 1. The van der Waals surface area contributed by atoms with Gasteiger partial charge < -0.3 is 9.32 Å². The van der Waals surface area contributed by atoms with Crippen molar-refractivity contribution in [3.05, 3.63) is 58.0 Å². The summed E-state index contributed by atoms with van der Waals surface area (Å²) in [7, 11) is 0. The van der Waals surface area contributed by atoms with Gasteiger partial charge >= 0.3 is 0 Å². The number of rotatable bonds is 3. The fourth-order valence-electron chi connectivity index (χ4n) is 2.88. The molecule has 3 rings (SSSR count). The fourth-order valence-corrected chi connectivity index (χ4v) is 3.19. The number of Topliss-reactive ketones (excluding diaryl/α,β-unsaturated/α-hetero) is 1. The Hall–Kier alpha value is -1.88. The minimum atomic E-state index is -0.114. The highest BCUT2D eigenvalue weighted by Gasteiger charge is 2.29. The molecule has 1 aliphatic rings. The lowest BCUT2D eigenvalue weighted by Crippen LogP contribution is -2.40. The molecule has 4 nitrogen and oxygen atoms in total. The second-order valence-electron chi connectivity index (χ2n) is 5.90. The zero-order chi connectivity index (χ0) is 16.4. The lowest BCUT2D eigenvalue weighted by Gasteiger charge is -2.30. The van der Waals surface area contributed by atoms with Crippen LogP contribution >= 0.6 is 15.9 Å². The van der Waals surface area contributed by atoms with Crippen molar-refractivity contribution in [2.75, 3.05) is 13.1 Å². The minimum Gasteiger partial charge on any atom is -0.444 e. The Labute approximate surface area is 143 Å². The third-order valence-corrected chi connectivity index (χ3v) is 4.70. The molecule has 0 radical (unpaired) electrons. The number of benzene rings is 1. The first-order chi connectivity index (χ1) is 11.0. The summed E-state index contributed by atoms with van der Waals surface area (Å²) in [4.78, 5) is 26.6. The van der Waals surface area contributed by atoms with E-state index < -0.39 is 0 Å². The number of carbonyl (C=O) groups is 2. The molecule has 0 spiro atoms. The predicted octanol–water partition coefficient (Wildman–Crippen LogP) is 4.09. The molecule has 0 bridgehead atoms. The van der Waals surface area contributed by atoms with E-state index in [9.17, 15) is 9.59 Å². The van der Waals surface area contributed by atoms with Crippen LogP contribution in [-0.4, -0.2) is 29.7 Å². The average molecular weight is 376 g/mol. The van der Waals surface area contributed by atoms with Crippen LogP contribution < -0.4 is 0 Å². The van der Waals surface area contributed by atoms with Crippen molar-refractivity contribution in [3.8, 4) is 0 Å². The van der Waals surface area contributed by atoms with Crippen LogP contribution in [0, 0.1) is 12.8 Å². The molecule has 120 valence electrons. The van der Waals surface area contributed by atoms with Crippen molar-refractivity contribution in [1.82, 2.24) is 4.90 Å². The van der Waals surface area contributed by atoms with Crippen LogP contribution in [0.5, 0.6) is 0 Å². The Morgan fingerprint density at radius 1 is 1.09 bits per heavy atom. The highest BCUT2D eigenvalue weighted by atomic mass is 79.9. The highest BCUT2D eigenvalue weighted by Crippen LogP contribution is 2.24. The summed E-state index contributed by atoms with van der Waals surface area (Å²) < 4.78 is 5.86. The van der Waals surface area contributed by atoms with Gasteiger partial charge in [-0.1, -0.05) is 29.8 Å². The van der Waals surface area contributed by atoms with Crippen molar-refractivity contribution in [2.45, 2.75) is 19.8 Å². The van der Waals surface area contributed by atoms with Gasteiger partial charge in [-0.3, -0.25) is 9.59 Å². The first kappa shape index (κ1) is 16.0. The third-order valence-electron chi connectivity index (χ3n) is 4.27. The summed E-state index contributed by atoms with van der Waals surface area (Å²) in [6, 6.07) is 11.1. The molecule has 1 aromatic carbocycles. The molecule has 0 saturated carbocycles. The second-order valence-corrected chi connectivity index (χ2v) is 6.68. The lowest BCUT2D eigenvalue weighted by molar-refractivity contribution is 0.0623. The van der Waals surface area contributed by atoms with E-state index in [1.54, 1.807) is 17.0 Å². The molecule has 0 unspecified atom stereocenters. The Balaban J connectivity index is 1.61. The number of likely N-dealkylation sites (tertiary alicyclic amines) is 1. The number of aryl methyl sites for hydroxylation is 1. The van der Waals surface area contributed by atoms with Gasteiger partial charge in [0.2, 0.25) is 0 Å². The maximum atomic E-state index is 12.5. The third kappa shape index (κ3) is 3.55. The molecule has 2 heterocycles. The number of halogens is 1. The number of hydrogen-bond donors (Lipinski definition) is 0. The van der Waals surface area contributed by atoms with Crippen LogP contribution in [0.3, 0.4) is 0 Å². The van der Waals surface area contributed by atoms with E-state index in [1.165, 1.54) is 0 Å². The fraction of sp³-hybridized carbons (Fsp3) is 0.333.